The lowest BCUT2D eigenvalue weighted by Crippen LogP contribution is -2.03. The molecule has 0 aliphatic heterocycles. The summed E-state index contributed by atoms with van der Waals surface area (Å²) in [5, 5.41) is 2.68. The lowest BCUT2D eigenvalue weighted by atomic mass is 9.84. The minimum Gasteiger partial charge on any atom is -0.0836 e. The van der Waals surface area contributed by atoms with Crippen LogP contribution in [0.4, 0.5) is 0 Å². The molecule has 0 radical (unpaired) electrons. The third kappa shape index (κ3) is 9.86. The molecule has 0 saturated carbocycles. The molecule has 2 unspecified atom stereocenters. The molecule has 0 amide bonds. The van der Waals surface area contributed by atoms with Gasteiger partial charge in [-0.25, -0.2) is 0 Å². The average molecular weight is 679 g/mol. The van der Waals surface area contributed by atoms with Crippen LogP contribution in [-0.4, -0.2) is 0 Å². The van der Waals surface area contributed by atoms with Gasteiger partial charge in [-0.2, -0.15) is 0 Å². The lowest BCUT2D eigenvalue weighted by molar-refractivity contribution is 0.899. The summed E-state index contributed by atoms with van der Waals surface area (Å²) in [7, 11) is 0. The molecule has 0 nitrogen and oxygen atoms in total. The van der Waals surface area contributed by atoms with Crippen molar-refractivity contribution in [3.8, 4) is 11.1 Å². The van der Waals surface area contributed by atoms with E-state index in [4.69, 9.17) is 0 Å². The number of benzene rings is 7. The van der Waals surface area contributed by atoms with Gasteiger partial charge in [0.05, 0.1) is 0 Å². The predicted octanol–water partition coefficient (Wildman–Crippen LogP) is 14.8. The van der Waals surface area contributed by atoms with Crippen LogP contribution >= 0.6 is 0 Å². The summed E-state index contributed by atoms with van der Waals surface area (Å²) in [5.41, 5.74) is 13.7. The van der Waals surface area contributed by atoms with E-state index in [9.17, 15) is 0 Å². The zero-order chi connectivity index (χ0) is 36.7. The van der Waals surface area contributed by atoms with Gasteiger partial charge in [-0.1, -0.05) is 221 Å². The van der Waals surface area contributed by atoms with Gasteiger partial charge in [0, 0.05) is 11.8 Å². The van der Waals surface area contributed by atoms with Gasteiger partial charge >= 0.3 is 0 Å². The first-order valence-corrected chi connectivity index (χ1v) is 19.0. The van der Waals surface area contributed by atoms with Gasteiger partial charge in [0.25, 0.3) is 0 Å². The second-order valence-electron chi connectivity index (χ2n) is 13.4. The second kappa shape index (κ2) is 19.2. The summed E-state index contributed by atoms with van der Waals surface area (Å²) >= 11 is 0. The molecule has 0 heterocycles. The summed E-state index contributed by atoms with van der Waals surface area (Å²) in [5.74, 6) is 0.835. The van der Waals surface area contributed by atoms with E-state index in [2.05, 4.69) is 192 Å². The maximum absolute atomic E-state index is 2.32. The molecule has 52 heavy (non-hydrogen) atoms. The van der Waals surface area contributed by atoms with Gasteiger partial charge in [0.15, 0.2) is 0 Å². The summed E-state index contributed by atoms with van der Waals surface area (Å²) < 4.78 is 0. The monoisotopic (exact) mass is 678 g/mol. The van der Waals surface area contributed by atoms with E-state index in [0.717, 1.165) is 6.42 Å². The number of hydrogen-bond donors (Lipinski definition) is 0. The summed E-state index contributed by atoms with van der Waals surface area (Å²) in [6.07, 6.45) is 6.94. The van der Waals surface area contributed by atoms with Gasteiger partial charge < -0.3 is 0 Å². The second-order valence-corrected chi connectivity index (χ2v) is 13.4. The fraction of sp³-hybridized carbons (Fsp3) is 0.192. The normalized spacial score (nSPS) is 12.4. The molecular formula is C52H54. The number of allylic oxidation sites excluding steroid dienone is 1. The molecular weight excluding hydrogens is 625 g/mol. The summed E-state index contributed by atoms with van der Waals surface area (Å²) in [6, 6.07) is 60.7. The van der Waals surface area contributed by atoms with Crippen molar-refractivity contribution in [2.45, 2.75) is 66.2 Å². The fourth-order valence-electron chi connectivity index (χ4n) is 6.85. The number of aryl methyl sites for hydroxylation is 3. The Hall–Kier alpha value is -5.46. The van der Waals surface area contributed by atoms with Crippen molar-refractivity contribution < 1.29 is 0 Å². The van der Waals surface area contributed by atoms with E-state index in [1.807, 2.05) is 32.0 Å². The molecule has 1 aliphatic rings. The zero-order valence-corrected chi connectivity index (χ0v) is 31.9. The van der Waals surface area contributed by atoms with Crippen LogP contribution in [0.5, 0.6) is 0 Å². The largest absolute Gasteiger partial charge is 0.0836 e. The van der Waals surface area contributed by atoms with E-state index in [-0.39, 0.29) is 0 Å². The molecule has 0 saturated heterocycles. The average Bonchev–Trinajstić information content (AvgIpc) is 3.22. The highest BCUT2D eigenvalue weighted by atomic mass is 14.2. The Morgan fingerprint density at radius 3 is 1.60 bits per heavy atom. The quantitative estimate of drug-likeness (QED) is 0.170. The first-order valence-electron chi connectivity index (χ1n) is 19.0. The van der Waals surface area contributed by atoms with Crippen LogP contribution in [0.15, 0.2) is 176 Å². The van der Waals surface area contributed by atoms with Crippen molar-refractivity contribution in [1.29, 1.82) is 0 Å². The highest BCUT2D eigenvalue weighted by molar-refractivity contribution is 5.86. The molecule has 0 aromatic heterocycles. The molecule has 0 bridgehead atoms. The van der Waals surface area contributed by atoms with Crippen LogP contribution < -0.4 is 0 Å². The molecule has 0 heteroatoms. The van der Waals surface area contributed by atoms with E-state index >= 15 is 0 Å². The highest BCUT2D eigenvalue weighted by Crippen LogP contribution is 2.33. The van der Waals surface area contributed by atoms with Gasteiger partial charge in [-0.05, 0) is 82.0 Å². The molecule has 0 fully saturated rings. The highest BCUT2D eigenvalue weighted by Gasteiger charge is 2.16. The van der Waals surface area contributed by atoms with Crippen LogP contribution in [0.2, 0.25) is 0 Å². The zero-order valence-electron chi connectivity index (χ0n) is 31.9. The topological polar surface area (TPSA) is 0 Å². The third-order valence-electron chi connectivity index (χ3n) is 9.89. The molecule has 1 aliphatic carbocycles. The predicted molar refractivity (Wildman–Crippen MR) is 228 cm³/mol. The van der Waals surface area contributed by atoms with Crippen molar-refractivity contribution in [3.05, 3.63) is 220 Å². The minimum atomic E-state index is 0.407. The third-order valence-corrected chi connectivity index (χ3v) is 9.89. The number of fused-ring (bicyclic) bond motifs is 2. The fourth-order valence-corrected chi connectivity index (χ4v) is 6.85. The number of hydrogen-bond acceptors (Lipinski definition) is 0. The first-order chi connectivity index (χ1) is 25.5. The smallest absolute Gasteiger partial charge is 0.00671 e. The molecule has 7 aromatic carbocycles. The molecule has 8 rings (SSSR count). The first kappa shape index (κ1) is 37.8. The van der Waals surface area contributed by atoms with Gasteiger partial charge in [0.2, 0.25) is 0 Å². The van der Waals surface area contributed by atoms with Crippen LogP contribution in [0, 0.1) is 13.8 Å². The Labute approximate surface area is 313 Å². The van der Waals surface area contributed by atoms with Crippen molar-refractivity contribution in [3.63, 3.8) is 0 Å². The van der Waals surface area contributed by atoms with Crippen molar-refractivity contribution in [2.24, 2.45) is 0 Å². The number of rotatable bonds is 5. The maximum Gasteiger partial charge on any atom is 0.00671 e. The Morgan fingerprint density at radius 2 is 0.942 bits per heavy atom. The Kier molecular flexibility index (Phi) is 14.0. The van der Waals surface area contributed by atoms with E-state index in [1.165, 1.54) is 72.8 Å². The van der Waals surface area contributed by atoms with Crippen molar-refractivity contribution in [1.82, 2.24) is 0 Å². The van der Waals surface area contributed by atoms with Crippen LogP contribution in [-0.2, 0) is 6.42 Å². The van der Waals surface area contributed by atoms with E-state index in [0.29, 0.717) is 11.8 Å². The Bertz CT molecular complexity index is 2110. The maximum atomic E-state index is 2.32. The molecule has 2 atom stereocenters. The van der Waals surface area contributed by atoms with Crippen molar-refractivity contribution in [2.75, 3.05) is 0 Å². The van der Waals surface area contributed by atoms with Crippen LogP contribution in [0.3, 0.4) is 0 Å². The molecule has 262 valence electrons. The van der Waals surface area contributed by atoms with Gasteiger partial charge in [-0.15, -0.1) is 0 Å². The molecule has 0 N–H and O–H groups in total. The standard InChI is InChI=1S/C25H24.C18H16.C7H8.C2H6/c1-18-10-12-21(13-11-18)22-16-14-20(15-17-22)19(2)24-9-5-7-23-6-3-4-8-25(23)24;1-14(15-8-3-2-4-9-15)17-13-7-11-16-10-5-6-12-18(16)17;1-7-5-3-2-4-6-7;1-2/h4-5,7-17,19H,3,6H2,1-2H3;2-14H,1H3;2-6H,1H3;1-2H3. The van der Waals surface area contributed by atoms with E-state index < -0.39 is 0 Å². The Balaban J connectivity index is 0.000000168. The molecule has 0 spiro atoms. The lowest BCUT2D eigenvalue weighted by Gasteiger charge is -2.20. The van der Waals surface area contributed by atoms with Crippen molar-refractivity contribution >= 4 is 16.8 Å². The van der Waals surface area contributed by atoms with Gasteiger partial charge in [-0.3, -0.25) is 0 Å². The molecule has 7 aromatic rings. The minimum absolute atomic E-state index is 0.407. The Morgan fingerprint density at radius 1 is 0.442 bits per heavy atom. The summed E-state index contributed by atoms with van der Waals surface area (Å²) in [4.78, 5) is 0. The van der Waals surface area contributed by atoms with Crippen LogP contribution in [0.1, 0.15) is 90.5 Å². The summed E-state index contributed by atoms with van der Waals surface area (Å²) in [6.45, 7) is 12.8. The van der Waals surface area contributed by atoms with Crippen LogP contribution in [0.25, 0.3) is 28.0 Å². The van der Waals surface area contributed by atoms with Gasteiger partial charge in [0.1, 0.15) is 0 Å². The SMILES string of the molecule is CC.CC(c1ccccc1)c1cccc2ccccc12.Cc1ccc(-c2ccc(C(C)c3cccc4c3C=CCC4)cc2)cc1.Cc1ccccc1. The van der Waals surface area contributed by atoms with E-state index in [1.54, 1.807) is 0 Å².